The normalized spacial score (nSPS) is 17.3. The van der Waals surface area contributed by atoms with E-state index in [1.807, 2.05) is 73.1 Å². The molecule has 0 bridgehead atoms. The first-order valence-corrected chi connectivity index (χ1v) is 11.5. The van der Waals surface area contributed by atoms with Gasteiger partial charge in [0, 0.05) is 42.8 Å². The van der Waals surface area contributed by atoms with E-state index >= 15 is 0 Å². The van der Waals surface area contributed by atoms with Gasteiger partial charge in [-0.2, -0.15) is 0 Å². The largest absolute Gasteiger partial charge is 0.375 e. The molecule has 5 rings (SSSR count). The quantitative estimate of drug-likeness (QED) is 0.383. The van der Waals surface area contributed by atoms with Gasteiger partial charge in [-0.3, -0.25) is 14.8 Å². The van der Waals surface area contributed by atoms with Crippen LogP contribution in [0.4, 0.5) is 11.4 Å². The first-order valence-electron chi connectivity index (χ1n) is 11.1. The molecule has 4 aromatic rings. The number of methoxy groups -OCH3 is 1. The lowest BCUT2D eigenvalue weighted by atomic mass is 10.0. The molecular weight excluding hydrogens is 460 g/mol. The third-order valence-corrected chi connectivity index (χ3v) is 6.12. The molecule has 0 aliphatic carbocycles. The van der Waals surface area contributed by atoms with Crippen molar-refractivity contribution in [2.45, 2.75) is 12.1 Å². The highest BCUT2D eigenvalue weighted by Gasteiger charge is 2.42. The highest BCUT2D eigenvalue weighted by atomic mass is 32.1. The second kappa shape index (κ2) is 10.0. The molecule has 8 nitrogen and oxygen atoms in total. The van der Waals surface area contributed by atoms with Gasteiger partial charge in [-0.25, -0.2) is 0 Å². The minimum Gasteiger partial charge on any atom is -0.375 e. The van der Waals surface area contributed by atoms with Crippen LogP contribution in [0.3, 0.4) is 0 Å². The zero-order valence-electron chi connectivity index (χ0n) is 19.0. The van der Waals surface area contributed by atoms with E-state index in [4.69, 9.17) is 17.0 Å². The molecule has 1 aliphatic rings. The van der Waals surface area contributed by atoms with Crippen molar-refractivity contribution < 1.29 is 9.53 Å². The maximum atomic E-state index is 11.9. The highest BCUT2D eigenvalue weighted by Crippen LogP contribution is 2.42. The number of ether oxygens (including phenoxy) is 1. The number of carbonyl (C=O) groups is 1. The topological polar surface area (TPSA) is 84.3 Å². The van der Waals surface area contributed by atoms with E-state index in [9.17, 15) is 4.79 Å². The molecule has 1 amide bonds. The van der Waals surface area contributed by atoms with Crippen LogP contribution >= 0.6 is 12.2 Å². The zero-order chi connectivity index (χ0) is 24.2. The summed E-state index contributed by atoms with van der Waals surface area (Å²) in [5.74, 6) is -0.207. The second-order valence-corrected chi connectivity index (χ2v) is 8.43. The number of hydrogen-bond acceptors (Lipinski definition) is 5. The third-order valence-electron chi connectivity index (χ3n) is 5.81. The van der Waals surface area contributed by atoms with Crippen molar-refractivity contribution in [1.29, 1.82) is 0 Å². The molecular formula is C26H24N6O2S. The molecule has 0 saturated carbocycles. The summed E-state index contributed by atoms with van der Waals surface area (Å²) in [7, 11) is 1.49. The van der Waals surface area contributed by atoms with Gasteiger partial charge in [-0.15, -0.1) is 0 Å². The maximum Gasteiger partial charge on any atom is 0.250 e. The Hall–Kier alpha value is -4.08. The van der Waals surface area contributed by atoms with E-state index in [0.29, 0.717) is 10.8 Å². The summed E-state index contributed by atoms with van der Waals surface area (Å²) < 4.78 is 7.01. The molecule has 0 radical (unpaired) electrons. The number of benzene rings is 1. The van der Waals surface area contributed by atoms with Gasteiger partial charge < -0.3 is 24.8 Å². The smallest absolute Gasteiger partial charge is 0.250 e. The molecule has 1 saturated heterocycles. The van der Waals surface area contributed by atoms with Crippen LogP contribution in [0.15, 0.2) is 91.5 Å². The molecule has 4 heterocycles. The van der Waals surface area contributed by atoms with Crippen LogP contribution in [0.2, 0.25) is 0 Å². The molecule has 2 atom stereocenters. The van der Waals surface area contributed by atoms with Crippen LogP contribution in [0.5, 0.6) is 0 Å². The first kappa shape index (κ1) is 22.7. The maximum absolute atomic E-state index is 11.9. The first-order chi connectivity index (χ1) is 17.2. The standard InChI is InChI=1S/C26H24N6O2S/c1-34-17-23(33)29-18-9-11-19(12-10-18)32-25(24(30-26(32)35)21-7-2-3-14-28-21)22-8-5-15-31(22)20-6-4-13-27-16-20/h2-16,24-25H,17H2,1H3,(H,29,33)(H,30,35)/t24-,25+/m1/s1. The highest BCUT2D eigenvalue weighted by molar-refractivity contribution is 7.80. The van der Waals surface area contributed by atoms with E-state index in [1.165, 1.54) is 7.11 Å². The van der Waals surface area contributed by atoms with Gasteiger partial charge in [0.15, 0.2) is 5.11 Å². The number of thiocarbonyl (C=S) groups is 1. The fourth-order valence-corrected chi connectivity index (χ4v) is 4.68. The van der Waals surface area contributed by atoms with Crippen LogP contribution in [-0.4, -0.2) is 39.3 Å². The summed E-state index contributed by atoms with van der Waals surface area (Å²) in [5.41, 5.74) is 4.48. The monoisotopic (exact) mass is 484 g/mol. The van der Waals surface area contributed by atoms with Gasteiger partial charge in [0.2, 0.25) is 5.91 Å². The number of anilines is 2. The fourth-order valence-electron chi connectivity index (χ4n) is 4.33. The Balaban J connectivity index is 1.55. The number of carbonyl (C=O) groups excluding carboxylic acids is 1. The lowest BCUT2D eigenvalue weighted by molar-refractivity contribution is -0.119. The number of aromatic nitrogens is 3. The van der Waals surface area contributed by atoms with Crippen LogP contribution in [0.1, 0.15) is 23.5 Å². The number of nitrogens with one attached hydrogen (secondary N) is 2. The molecule has 0 spiro atoms. The summed E-state index contributed by atoms with van der Waals surface area (Å²) in [6.45, 7) is 0.00104. The van der Waals surface area contributed by atoms with Crippen molar-refractivity contribution in [1.82, 2.24) is 19.9 Å². The predicted molar refractivity (Wildman–Crippen MR) is 138 cm³/mol. The van der Waals surface area contributed by atoms with Gasteiger partial charge in [0.05, 0.1) is 23.6 Å². The van der Waals surface area contributed by atoms with Crippen LogP contribution in [0, 0.1) is 0 Å². The van der Waals surface area contributed by atoms with E-state index in [1.54, 1.807) is 12.4 Å². The Morgan fingerprint density at radius 2 is 1.91 bits per heavy atom. The Bertz CT molecular complexity index is 1310. The third kappa shape index (κ3) is 4.64. The van der Waals surface area contributed by atoms with Crippen molar-refractivity contribution in [3.63, 3.8) is 0 Å². The van der Waals surface area contributed by atoms with Gasteiger partial charge in [0.25, 0.3) is 0 Å². The predicted octanol–water partition coefficient (Wildman–Crippen LogP) is 4.03. The summed E-state index contributed by atoms with van der Waals surface area (Å²) in [5, 5.41) is 6.90. The summed E-state index contributed by atoms with van der Waals surface area (Å²) in [6, 6.07) is 21.2. The second-order valence-electron chi connectivity index (χ2n) is 8.04. The van der Waals surface area contributed by atoms with Gasteiger partial charge in [-0.1, -0.05) is 6.07 Å². The molecule has 35 heavy (non-hydrogen) atoms. The van der Waals surface area contributed by atoms with Crippen LogP contribution in [0.25, 0.3) is 5.69 Å². The molecule has 1 fully saturated rings. The zero-order valence-corrected chi connectivity index (χ0v) is 19.9. The SMILES string of the molecule is COCC(=O)Nc1ccc(N2C(=S)N[C@H](c3ccccn3)[C@@H]2c2cccn2-c2cccnc2)cc1. The number of rotatable bonds is 7. The van der Waals surface area contributed by atoms with E-state index in [-0.39, 0.29) is 24.6 Å². The lowest BCUT2D eigenvalue weighted by Crippen LogP contribution is -2.30. The van der Waals surface area contributed by atoms with Gasteiger partial charge in [-0.05, 0) is 72.9 Å². The molecule has 3 aromatic heterocycles. The minimum absolute atomic E-state index is 0.00104. The fraction of sp³-hybridized carbons (Fsp3) is 0.154. The van der Waals surface area contributed by atoms with Gasteiger partial charge in [0.1, 0.15) is 12.6 Å². The number of nitrogens with zero attached hydrogens (tertiary/aromatic N) is 4. The lowest BCUT2D eigenvalue weighted by Gasteiger charge is -2.29. The van der Waals surface area contributed by atoms with Crippen molar-refractivity contribution in [2.24, 2.45) is 0 Å². The van der Waals surface area contributed by atoms with Crippen LogP contribution < -0.4 is 15.5 Å². The van der Waals surface area contributed by atoms with Crippen LogP contribution in [-0.2, 0) is 9.53 Å². The molecule has 9 heteroatoms. The Kier molecular flexibility index (Phi) is 6.51. The van der Waals surface area contributed by atoms with Gasteiger partial charge >= 0.3 is 0 Å². The average molecular weight is 485 g/mol. The number of pyridine rings is 2. The summed E-state index contributed by atoms with van der Waals surface area (Å²) >= 11 is 5.83. The van der Waals surface area contributed by atoms with Crippen molar-refractivity contribution in [2.75, 3.05) is 23.9 Å². The molecule has 1 aromatic carbocycles. The molecule has 1 aliphatic heterocycles. The van der Waals surface area contributed by atoms with E-state index in [2.05, 4.69) is 36.1 Å². The van der Waals surface area contributed by atoms with E-state index in [0.717, 1.165) is 22.8 Å². The number of amides is 1. The van der Waals surface area contributed by atoms with Crippen molar-refractivity contribution in [3.05, 3.63) is 103 Å². The minimum atomic E-state index is -0.207. The molecule has 2 N–H and O–H groups in total. The Morgan fingerprint density at radius 1 is 1.06 bits per heavy atom. The molecule has 176 valence electrons. The van der Waals surface area contributed by atoms with E-state index < -0.39 is 0 Å². The summed E-state index contributed by atoms with van der Waals surface area (Å²) in [4.78, 5) is 22.9. The Morgan fingerprint density at radius 3 is 2.63 bits per heavy atom. The Labute approximate surface area is 208 Å². The number of hydrogen-bond donors (Lipinski definition) is 2. The van der Waals surface area contributed by atoms with Crippen molar-refractivity contribution in [3.8, 4) is 5.69 Å². The average Bonchev–Trinajstić information content (AvgIpc) is 3.50. The molecule has 0 unspecified atom stereocenters. The van der Waals surface area contributed by atoms with Crippen molar-refractivity contribution >= 4 is 34.6 Å². The summed E-state index contributed by atoms with van der Waals surface area (Å²) in [6.07, 6.45) is 7.41.